The summed E-state index contributed by atoms with van der Waals surface area (Å²) in [5.74, 6) is -2.05. The van der Waals surface area contributed by atoms with Gasteiger partial charge in [-0.25, -0.2) is 0 Å². The van der Waals surface area contributed by atoms with Gasteiger partial charge in [0, 0.05) is 25.2 Å². The molecule has 0 aliphatic carbocycles. The Morgan fingerprint density at radius 2 is 1.70 bits per heavy atom. The minimum absolute atomic E-state index is 0.0129. The minimum Gasteiger partial charge on any atom is -0.469 e. The Labute approximate surface area is 119 Å². The van der Waals surface area contributed by atoms with E-state index in [0.717, 1.165) is 0 Å². The Balaban J connectivity index is 4.47. The maximum Gasteiger partial charge on any atom is 0.309 e. The molecule has 0 heterocycles. The lowest BCUT2D eigenvalue weighted by molar-refractivity contribution is -0.148. The van der Waals surface area contributed by atoms with E-state index in [1.165, 1.54) is 14.0 Å². The smallest absolute Gasteiger partial charge is 0.309 e. The molecule has 0 rings (SSSR count). The summed E-state index contributed by atoms with van der Waals surface area (Å²) in [4.78, 5) is 45.2. The average Bonchev–Trinajstić information content (AvgIpc) is 2.39. The Kier molecular flexibility index (Phi) is 8.43. The second-order valence-corrected chi connectivity index (χ2v) is 5.04. The van der Waals surface area contributed by atoms with Crippen molar-refractivity contribution in [3.63, 3.8) is 0 Å². The van der Waals surface area contributed by atoms with Gasteiger partial charge in [0.15, 0.2) is 0 Å². The summed E-state index contributed by atoms with van der Waals surface area (Å²) in [6.07, 6.45) is 1.07. The molecule has 0 saturated heterocycles. The predicted molar refractivity (Wildman–Crippen MR) is 72.6 cm³/mol. The van der Waals surface area contributed by atoms with E-state index in [-0.39, 0.29) is 36.7 Å². The molecule has 6 heteroatoms. The summed E-state index contributed by atoms with van der Waals surface area (Å²) in [5.41, 5.74) is 5.04. The fraction of sp³-hybridized carbons (Fsp3) is 0.714. The van der Waals surface area contributed by atoms with Gasteiger partial charge in [-0.05, 0) is 19.8 Å². The largest absolute Gasteiger partial charge is 0.469 e. The summed E-state index contributed by atoms with van der Waals surface area (Å²) in [6.45, 7) is 3.20. The molecule has 0 aliphatic rings. The molecule has 0 radical (unpaired) electrons. The van der Waals surface area contributed by atoms with E-state index in [1.807, 2.05) is 0 Å². The first kappa shape index (κ1) is 18.3. The summed E-state index contributed by atoms with van der Waals surface area (Å²) < 4.78 is 4.63. The lowest BCUT2D eigenvalue weighted by Crippen LogP contribution is -2.25. The van der Waals surface area contributed by atoms with Crippen LogP contribution in [0.15, 0.2) is 0 Å². The number of rotatable bonds is 10. The monoisotopic (exact) mass is 285 g/mol. The van der Waals surface area contributed by atoms with Gasteiger partial charge in [0.1, 0.15) is 11.6 Å². The number of ketones is 2. The zero-order chi connectivity index (χ0) is 15.7. The van der Waals surface area contributed by atoms with Crippen LogP contribution in [-0.2, 0) is 23.9 Å². The standard InChI is InChI=1S/C14H23NO5/c1-9(4-5-10(2)16)12(17)8-11(14(19)20-3)6-7-13(15)18/h9,11H,4-8H2,1-3H3,(H2,15,18)/t9-,11+/m0/s1. The molecule has 0 aliphatic heterocycles. The number of carbonyl (C=O) groups is 4. The third-order valence-corrected chi connectivity index (χ3v) is 3.20. The third kappa shape index (κ3) is 7.66. The number of ether oxygens (including phenoxy) is 1. The molecule has 1 amide bonds. The highest BCUT2D eigenvalue weighted by molar-refractivity contribution is 5.86. The van der Waals surface area contributed by atoms with Gasteiger partial charge in [-0.2, -0.15) is 0 Å². The normalized spacial score (nSPS) is 13.3. The van der Waals surface area contributed by atoms with Crippen molar-refractivity contribution in [1.29, 1.82) is 0 Å². The fourth-order valence-electron chi connectivity index (χ4n) is 1.81. The van der Waals surface area contributed by atoms with Gasteiger partial charge in [-0.1, -0.05) is 6.92 Å². The van der Waals surface area contributed by atoms with Crippen LogP contribution in [0.2, 0.25) is 0 Å². The Hall–Kier alpha value is -1.72. The Morgan fingerprint density at radius 3 is 2.15 bits per heavy atom. The number of primary amides is 1. The van der Waals surface area contributed by atoms with Crippen LogP contribution in [0.25, 0.3) is 0 Å². The van der Waals surface area contributed by atoms with E-state index in [2.05, 4.69) is 4.74 Å². The molecule has 20 heavy (non-hydrogen) atoms. The van der Waals surface area contributed by atoms with Gasteiger partial charge in [-0.3, -0.25) is 14.4 Å². The molecule has 0 bridgehead atoms. The minimum atomic E-state index is -0.653. The molecular formula is C14H23NO5. The number of hydrogen-bond donors (Lipinski definition) is 1. The highest BCUT2D eigenvalue weighted by Gasteiger charge is 2.25. The zero-order valence-electron chi connectivity index (χ0n) is 12.3. The molecule has 0 saturated carbocycles. The summed E-state index contributed by atoms with van der Waals surface area (Å²) >= 11 is 0. The molecule has 0 spiro atoms. The van der Waals surface area contributed by atoms with Crippen molar-refractivity contribution in [2.75, 3.05) is 7.11 Å². The van der Waals surface area contributed by atoms with E-state index in [4.69, 9.17) is 5.73 Å². The Bertz CT molecular complexity index is 378. The van der Waals surface area contributed by atoms with Crippen LogP contribution in [0.4, 0.5) is 0 Å². The van der Waals surface area contributed by atoms with Crippen LogP contribution in [-0.4, -0.2) is 30.6 Å². The molecule has 0 unspecified atom stereocenters. The van der Waals surface area contributed by atoms with Crippen molar-refractivity contribution >= 4 is 23.4 Å². The van der Waals surface area contributed by atoms with E-state index >= 15 is 0 Å². The van der Waals surface area contributed by atoms with Crippen LogP contribution < -0.4 is 5.73 Å². The third-order valence-electron chi connectivity index (χ3n) is 3.20. The van der Waals surface area contributed by atoms with Crippen molar-refractivity contribution in [2.24, 2.45) is 17.6 Å². The molecular weight excluding hydrogens is 262 g/mol. The zero-order valence-corrected chi connectivity index (χ0v) is 12.3. The SMILES string of the molecule is COC(=O)[C@H](CCC(N)=O)CC(=O)[C@@H](C)CCC(C)=O. The first-order valence-corrected chi connectivity index (χ1v) is 6.66. The van der Waals surface area contributed by atoms with Crippen molar-refractivity contribution in [1.82, 2.24) is 0 Å². The molecule has 2 atom stereocenters. The summed E-state index contributed by atoms with van der Waals surface area (Å²) in [7, 11) is 1.24. The van der Waals surface area contributed by atoms with E-state index in [9.17, 15) is 19.2 Å². The van der Waals surface area contributed by atoms with Crippen molar-refractivity contribution in [3.05, 3.63) is 0 Å². The number of hydrogen-bond acceptors (Lipinski definition) is 5. The van der Waals surface area contributed by atoms with Crippen LogP contribution in [0, 0.1) is 11.8 Å². The first-order chi connectivity index (χ1) is 9.27. The number of esters is 1. The van der Waals surface area contributed by atoms with Crippen LogP contribution in [0.1, 0.15) is 46.0 Å². The molecule has 6 nitrogen and oxygen atoms in total. The molecule has 0 aromatic rings. The first-order valence-electron chi connectivity index (χ1n) is 6.66. The highest BCUT2D eigenvalue weighted by Crippen LogP contribution is 2.18. The van der Waals surface area contributed by atoms with Gasteiger partial charge in [0.25, 0.3) is 0 Å². The lowest BCUT2D eigenvalue weighted by atomic mass is 9.89. The molecule has 0 fully saturated rings. The van der Waals surface area contributed by atoms with Crippen molar-refractivity contribution < 1.29 is 23.9 Å². The molecule has 114 valence electrons. The number of Topliss-reactive ketones (excluding diaryl/α,β-unsaturated/α-hetero) is 2. The fourth-order valence-corrected chi connectivity index (χ4v) is 1.81. The Morgan fingerprint density at radius 1 is 1.10 bits per heavy atom. The number of carbonyl (C=O) groups excluding carboxylic acids is 4. The van der Waals surface area contributed by atoms with Gasteiger partial charge in [0.2, 0.25) is 5.91 Å². The summed E-state index contributed by atoms with van der Waals surface area (Å²) in [6, 6.07) is 0. The molecule has 0 aromatic carbocycles. The van der Waals surface area contributed by atoms with E-state index in [1.54, 1.807) is 6.92 Å². The van der Waals surface area contributed by atoms with Gasteiger partial charge in [0.05, 0.1) is 13.0 Å². The van der Waals surface area contributed by atoms with Gasteiger partial charge < -0.3 is 15.3 Å². The van der Waals surface area contributed by atoms with E-state index < -0.39 is 17.8 Å². The lowest BCUT2D eigenvalue weighted by Gasteiger charge is -2.16. The number of amides is 1. The second kappa shape index (κ2) is 9.23. The molecule has 0 aromatic heterocycles. The van der Waals surface area contributed by atoms with Gasteiger partial charge in [-0.15, -0.1) is 0 Å². The van der Waals surface area contributed by atoms with Crippen molar-refractivity contribution in [3.8, 4) is 0 Å². The average molecular weight is 285 g/mol. The number of methoxy groups -OCH3 is 1. The second-order valence-electron chi connectivity index (χ2n) is 5.04. The predicted octanol–water partition coefficient (Wildman–Crippen LogP) is 1.01. The van der Waals surface area contributed by atoms with Crippen molar-refractivity contribution in [2.45, 2.75) is 46.0 Å². The van der Waals surface area contributed by atoms with Crippen LogP contribution in [0.5, 0.6) is 0 Å². The van der Waals surface area contributed by atoms with Gasteiger partial charge >= 0.3 is 5.97 Å². The maximum absolute atomic E-state index is 12.0. The van der Waals surface area contributed by atoms with Crippen LogP contribution >= 0.6 is 0 Å². The topological polar surface area (TPSA) is 104 Å². The van der Waals surface area contributed by atoms with E-state index in [0.29, 0.717) is 12.8 Å². The summed E-state index contributed by atoms with van der Waals surface area (Å²) in [5, 5.41) is 0. The highest BCUT2D eigenvalue weighted by atomic mass is 16.5. The quantitative estimate of drug-likeness (QED) is 0.603. The van der Waals surface area contributed by atoms with Crippen LogP contribution in [0.3, 0.4) is 0 Å². The number of nitrogens with two attached hydrogens (primary N) is 1. The molecule has 2 N–H and O–H groups in total. The maximum atomic E-state index is 12.0.